The minimum Gasteiger partial charge on any atom is -0.357 e. The molecule has 0 aliphatic heterocycles. The summed E-state index contributed by atoms with van der Waals surface area (Å²) in [5, 5.41) is 4.14. The molecule has 3 nitrogen and oxygen atoms in total. The third kappa shape index (κ3) is 4.58. The van der Waals surface area contributed by atoms with Crippen molar-refractivity contribution in [1.29, 1.82) is 0 Å². The maximum Gasteiger partial charge on any atom is 0.128 e. The highest BCUT2D eigenvalue weighted by atomic mass is 35.5. The summed E-state index contributed by atoms with van der Waals surface area (Å²) in [5.74, 6) is 1.92. The predicted molar refractivity (Wildman–Crippen MR) is 91.1 cm³/mol. The summed E-state index contributed by atoms with van der Waals surface area (Å²) < 4.78 is 0. The van der Waals surface area contributed by atoms with Crippen molar-refractivity contribution in [2.45, 2.75) is 58.5 Å². The van der Waals surface area contributed by atoms with Crippen LogP contribution < -0.4 is 10.2 Å². The Bertz CT molecular complexity index is 442. The molecule has 21 heavy (non-hydrogen) atoms. The molecule has 0 aromatic carbocycles. The number of nitrogens with zero attached hydrogens (tertiary/aromatic N) is 2. The van der Waals surface area contributed by atoms with Crippen LogP contribution in [0, 0.1) is 5.92 Å². The van der Waals surface area contributed by atoms with Gasteiger partial charge >= 0.3 is 0 Å². The van der Waals surface area contributed by atoms with Crippen LogP contribution in [0.25, 0.3) is 0 Å². The molecule has 1 heterocycles. The lowest BCUT2D eigenvalue weighted by Gasteiger charge is -2.34. The Labute approximate surface area is 134 Å². The fourth-order valence-corrected chi connectivity index (χ4v) is 3.17. The van der Waals surface area contributed by atoms with E-state index in [-0.39, 0.29) is 0 Å². The molecular weight excluding hydrogens is 282 g/mol. The molecule has 0 atom stereocenters. The summed E-state index contributed by atoms with van der Waals surface area (Å²) in [5.41, 5.74) is 0.957. The van der Waals surface area contributed by atoms with Gasteiger partial charge in [0.2, 0.25) is 0 Å². The zero-order chi connectivity index (χ0) is 15.2. The summed E-state index contributed by atoms with van der Waals surface area (Å²) in [6, 6.07) is 4.64. The van der Waals surface area contributed by atoms with E-state index >= 15 is 0 Å². The first kappa shape index (κ1) is 16.6. The molecule has 0 unspecified atom stereocenters. The van der Waals surface area contributed by atoms with Gasteiger partial charge in [-0.15, -0.1) is 0 Å². The van der Waals surface area contributed by atoms with Crippen LogP contribution in [0.1, 0.15) is 51.6 Å². The highest BCUT2D eigenvalue weighted by Gasteiger charge is 2.22. The first-order valence-corrected chi connectivity index (χ1v) is 8.58. The lowest BCUT2D eigenvalue weighted by atomic mass is 9.87. The van der Waals surface area contributed by atoms with Crippen molar-refractivity contribution >= 4 is 17.4 Å². The summed E-state index contributed by atoms with van der Waals surface area (Å²) in [4.78, 5) is 7.11. The number of hydrogen-bond acceptors (Lipinski definition) is 3. The van der Waals surface area contributed by atoms with Crippen molar-refractivity contribution in [3.05, 3.63) is 22.8 Å². The van der Waals surface area contributed by atoms with E-state index in [9.17, 15) is 0 Å². The number of aromatic nitrogens is 1. The molecule has 0 saturated heterocycles. The molecular formula is C17H28ClN3. The van der Waals surface area contributed by atoms with Crippen molar-refractivity contribution in [2.24, 2.45) is 5.92 Å². The van der Waals surface area contributed by atoms with E-state index in [1.54, 1.807) is 0 Å². The topological polar surface area (TPSA) is 28.2 Å². The van der Waals surface area contributed by atoms with Crippen molar-refractivity contribution in [3.63, 3.8) is 0 Å². The van der Waals surface area contributed by atoms with E-state index in [1.807, 2.05) is 12.1 Å². The summed E-state index contributed by atoms with van der Waals surface area (Å²) in [7, 11) is 2.17. The number of nitrogens with one attached hydrogen (secondary N) is 1. The lowest BCUT2D eigenvalue weighted by Crippen LogP contribution is -2.35. The Hall–Kier alpha value is -0.800. The third-order valence-electron chi connectivity index (χ3n) is 4.52. The van der Waals surface area contributed by atoms with Gasteiger partial charge in [-0.25, -0.2) is 4.98 Å². The number of hydrogen-bond donors (Lipinski definition) is 1. The van der Waals surface area contributed by atoms with Gasteiger partial charge < -0.3 is 10.2 Å². The first-order chi connectivity index (χ1) is 10.1. The van der Waals surface area contributed by atoms with Gasteiger partial charge in [0.05, 0.1) is 10.7 Å². The third-order valence-corrected chi connectivity index (χ3v) is 4.86. The van der Waals surface area contributed by atoms with Crippen LogP contribution in [0.4, 0.5) is 5.82 Å². The zero-order valence-electron chi connectivity index (χ0n) is 13.5. The van der Waals surface area contributed by atoms with Crippen molar-refractivity contribution in [2.75, 3.05) is 18.5 Å². The van der Waals surface area contributed by atoms with Gasteiger partial charge in [0.1, 0.15) is 5.82 Å². The van der Waals surface area contributed by atoms with Crippen molar-refractivity contribution < 1.29 is 0 Å². The predicted octanol–water partition coefficient (Wildman–Crippen LogP) is 4.25. The average molecular weight is 310 g/mol. The Balaban J connectivity index is 2.03. The van der Waals surface area contributed by atoms with Crippen LogP contribution >= 0.6 is 11.6 Å². The number of halogens is 1. The molecule has 0 bridgehead atoms. The molecule has 1 fully saturated rings. The zero-order valence-corrected chi connectivity index (χ0v) is 14.3. The van der Waals surface area contributed by atoms with Gasteiger partial charge in [-0.3, -0.25) is 0 Å². The number of rotatable bonds is 6. The lowest BCUT2D eigenvalue weighted by molar-refractivity contribution is 0.340. The van der Waals surface area contributed by atoms with E-state index in [0.717, 1.165) is 42.0 Å². The molecule has 1 aliphatic rings. The van der Waals surface area contributed by atoms with Gasteiger partial charge in [0.25, 0.3) is 0 Å². The second kappa shape index (κ2) is 8.00. The molecule has 1 aromatic rings. The van der Waals surface area contributed by atoms with Gasteiger partial charge in [0, 0.05) is 19.6 Å². The maximum atomic E-state index is 6.26. The largest absolute Gasteiger partial charge is 0.357 e. The van der Waals surface area contributed by atoms with E-state index in [0.29, 0.717) is 6.04 Å². The van der Waals surface area contributed by atoms with Gasteiger partial charge in [0.15, 0.2) is 0 Å². The highest BCUT2D eigenvalue weighted by Crippen LogP contribution is 2.29. The SMILES string of the molecule is CCCNCc1nc(N(C)C2CCC(C)CC2)ccc1Cl. The first-order valence-electron chi connectivity index (χ1n) is 8.20. The smallest absolute Gasteiger partial charge is 0.128 e. The molecule has 2 rings (SSSR count). The van der Waals surface area contributed by atoms with Crippen LogP contribution in [-0.2, 0) is 6.54 Å². The van der Waals surface area contributed by atoms with E-state index in [1.165, 1.54) is 25.7 Å². The van der Waals surface area contributed by atoms with Gasteiger partial charge in [-0.1, -0.05) is 25.4 Å². The molecule has 1 aromatic heterocycles. The summed E-state index contributed by atoms with van der Waals surface area (Å²) in [6.45, 7) is 6.26. The second-order valence-corrected chi connectivity index (χ2v) is 6.71. The average Bonchev–Trinajstić information content (AvgIpc) is 2.49. The molecule has 0 spiro atoms. The van der Waals surface area contributed by atoms with Crippen LogP contribution in [0.3, 0.4) is 0 Å². The fourth-order valence-electron chi connectivity index (χ4n) is 2.99. The Morgan fingerprint density at radius 1 is 1.29 bits per heavy atom. The van der Waals surface area contributed by atoms with Gasteiger partial charge in [-0.2, -0.15) is 0 Å². The van der Waals surface area contributed by atoms with E-state index in [2.05, 4.69) is 31.1 Å². The Morgan fingerprint density at radius 2 is 2.00 bits per heavy atom. The normalized spacial score (nSPS) is 22.3. The molecule has 0 radical (unpaired) electrons. The molecule has 118 valence electrons. The number of anilines is 1. The quantitative estimate of drug-likeness (QED) is 0.796. The van der Waals surface area contributed by atoms with Crippen LogP contribution in [0.15, 0.2) is 12.1 Å². The Morgan fingerprint density at radius 3 is 2.67 bits per heavy atom. The molecule has 4 heteroatoms. The van der Waals surface area contributed by atoms with Crippen LogP contribution in [0.5, 0.6) is 0 Å². The fraction of sp³-hybridized carbons (Fsp3) is 0.706. The summed E-state index contributed by atoms with van der Waals surface area (Å²) >= 11 is 6.26. The van der Waals surface area contributed by atoms with E-state index in [4.69, 9.17) is 16.6 Å². The van der Waals surface area contributed by atoms with Crippen molar-refractivity contribution in [1.82, 2.24) is 10.3 Å². The minimum atomic E-state index is 0.617. The van der Waals surface area contributed by atoms with Crippen molar-refractivity contribution in [3.8, 4) is 0 Å². The standard InChI is InChI=1S/C17H28ClN3/c1-4-11-19-12-16-15(18)9-10-17(20-16)21(3)14-7-5-13(2)6-8-14/h9-10,13-14,19H,4-8,11-12H2,1-3H3. The second-order valence-electron chi connectivity index (χ2n) is 6.30. The molecule has 1 saturated carbocycles. The van der Waals surface area contributed by atoms with Crippen LogP contribution in [-0.4, -0.2) is 24.6 Å². The Kier molecular flexibility index (Phi) is 6.31. The monoisotopic (exact) mass is 309 g/mol. The van der Waals surface area contributed by atoms with E-state index < -0.39 is 0 Å². The molecule has 1 aliphatic carbocycles. The maximum absolute atomic E-state index is 6.26. The number of pyridine rings is 1. The minimum absolute atomic E-state index is 0.617. The molecule has 1 N–H and O–H groups in total. The highest BCUT2D eigenvalue weighted by molar-refractivity contribution is 6.31. The van der Waals surface area contributed by atoms with Crippen LogP contribution in [0.2, 0.25) is 5.02 Å². The summed E-state index contributed by atoms with van der Waals surface area (Å²) in [6.07, 6.45) is 6.31. The van der Waals surface area contributed by atoms with Gasteiger partial charge in [-0.05, 0) is 56.7 Å². The molecule has 0 amide bonds.